The van der Waals surface area contributed by atoms with Gasteiger partial charge in [-0.05, 0) is 25.6 Å². The third-order valence-electron chi connectivity index (χ3n) is 1.10. The molecule has 0 aliphatic rings. The first-order valence-electron chi connectivity index (χ1n) is 3.04. The SMILES string of the molecule is CC(CCS(C)=O)N=C=S. The van der Waals surface area contributed by atoms with E-state index in [1.807, 2.05) is 6.92 Å². The minimum absolute atomic E-state index is 0.168. The first-order valence-corrected chi connectivity index (χ1v) is 5.17. The third-order valence-corrected chi connectivity index (χ3v) is 2.01. The molecule has 0 fully saturated rings. The second-order valence-electron chi connectivity index (χ2n) is 2.14. The number of hydrogen-bond donors (Lipinski definition) is 0. The lowest BCUT2D eigenvalue weighted by Gasteiger charge is -1.99. The van der Waals surface area contributed by atoms with E-state index in [2.05, 4.69) is 22.4 Å². The molecule has 58 valence electrons. The predicted octanol–water partition coefficient (Wildman–Crippen LogP) is 1.25. The van der Waals surface area contributed by atoms with Crippen molar-refractivity contribution < 1.29 is 4.21 Å². The Morgan fingerprint density at radius 3 is 2.80 bits per heavy atom. The number of aliphatic imine (C=N–C) groups is 1. The van der Waals surface area contributed by atoms with Crippen molar-refractivity contribution in [2.75, 3.05) is 12.0 Å². The Balaban J connectivity index is 3.48. The first kappa shape index (κ1) is 9.95. The normalized spacial score (nSPS) is 15.4. The molecule has 2 atom stereocenters. The van der Waals surface area contributed by atoms with E-state index in [9.17, 15) is 4.21 Å². The van der Waals surface area contributed by atoms with Gasteiger partial charge in [0.15, 0.2) is 0 Å². The van der Waals surface area contributed by atoms with E-state index in [0.29, 0.717) is 5.75 Å². The minimum Gasteiger partial charge on any atom is -0.260 e. The average molecular weight is 177 g/mol. The molecule has 0 bridgehead atoms. The lowest BCUT2D eigenvalue weighted by Crippen LogP contribution is -2.04. The Morgan fingerprint density at radius 1 is 1.80 bits per heavy atom. The van der Waals surface area contributed by atoms with Gasteiger partial charge in [0.05, 0.1) is 11.2 Å². The van der Waals surface area contributed by atoms with Gasteiger partial charge >= 0.3 is 0 Å². The largest absolute Gasteiger partial charge is 0.260 e. The summed E-state index contributed by atoms with van der Waals surface area (Å²) < 4.78 is 10.6. The summed E-state index contributed by atoms with van der Waals surface area (Å²) in [5.74, 6) is 0.696. The summed E-state index contributed by atoms with van der Waals surface area (Å²) in [5.41, 5.74) is 0. The molecule has 2 unspecified atom stereocenters. The lowest BCUT2D eigenvalue weighted by atomic mass is 10.3. The Hall–Kier alpha value is -0.0500. The van der Waals surface area contributed by atoms with Gasteiger partial charge in [-0.1, -0.05) is 0 Å². The Labute approximate surface area is 69.2 Å². The quantitative estimate of drug-likeness (QED) is 0.478. The number of isothiocyanates is 1. The molecular weight excluding hydrogens is 166 g/mol. The molecule has 0 rings (SSSR count). The lowest BCUT2D eigenvalue weighted by molar-refractivity contribution is 0.673. The van der Waals surface area contributed by atoms with Gasteiger partial charge in [-0.25, -0.2) is 4.99 Å². The maximum absolute atomic E-state index is 10.6. The van der Waals surface area contributed by atoms with Crippen LogP contribution in [0.1, 0.15) is 13.3 Å². The highest BCUT2D eigenvalue weighted by Crippen LogP contribution is 1.95. The van der Waals surface area contributed by atoms with Crippen LogP contribution in [0.5, 0.6) is 0 Å². The molecule has 10 heavy (non-hydrogen) atoms. The van der Waals surface area contributed by atoms with Crippen LogP contribution in [-0.4, -0.2) is 27.4 Å². The number of hydrogen-bond acceptors (Lipinski definition) is 3. The van der Waals surface area contributed by atoms with Crippen molar-refractivity contribution in [1.82, 2.24) is 0 Å². The maximum atomic E-state index is 10.6. The molecule has 0 aliphatic heterocycles. The van der Waals surface area contributed by atoms with Gasteiger partial charge in [-0.3, -0.25) is 4.21 Å². The van der Waals surface area contributed by atoms with Crippen molar-refractivity contribution in [2.24, 2.45) is 4.99 Å². The van der Waals surface area contributed by atoms with E-state index < -0.39 is 10.8 Å². The standard InChI is InChI=1S/C6H11NOS2/c1-6(7-5-9)3-4-10(2)8/h6H,3-4H2,1-2H3. The van der Waals surface area contributed by atoms with Crippen molar-refractivity contribution >= 4 is 28.2 Å². The zero-order valence-corrected chi connectivity index (χ0v) is 7.80. The van der Waals surface area contributed by atoms with Crippen molar-refractivity contribution in [2.45, 2.75) is 19.4 Å². The van der Waals surface area contributed by atoms with Crippen LogP contribution in [0.2, 0.25) is 0 Å². The van der Waals surface area contributed by atoms with Gasteiger partial charge in [-0.15, -0.1) is 0 Å². The van der Waals surface area contributed by atoms with E-state index in [-0.39, 0.29) is 6.04 Å². The van der Waals surface area contributed by atoms with Gasteiger partial charge in [0.2, 0.25) is 0 Å². The maximum Gasteiger partial charge on any atom is 0.0587 e. The predicted molar refractivity (Wildman–Crippen MR) is 48.0 cm³/mol. The summed E-state index contributed by atoms with van der Waals surface area (Å²) in [6.07, 6.45) is 2.51. The van der Waals surface area contributed by atoms with Crippen LogP contribution in [0.15, 0.2) is 4.99 Å². The van der Waals surface area contributed by atoms with Crippen LogP contribution in [-0.2, 0) is 10.8 Å². The highest BCUT2D eigenvalue weighted by molar-refractivity contribution is 7.84. The van der Waals surface area contributed by atoms with E-state index in [0.717, 1.165) is 6.42 Å². The molecule has 0 saturated carbocycles. The summed E-state index contributed by atoms with van der Waals surface area (Å²) in [6, 6.07) is 0.168. The molecule has 0 aliphatic carbocycles. The Kier molecular flexibility index (Phi) is 5.69. The summed E-state index contributed by atoms with van der Waals surface area (Å²) in [6.45, 7) is 1.94. The van der Waals surface area contributed by atoms with Crippen LogP contribution < -0.4 is 0 Å². The third kappa shape index (κ3) is 6.08. The molecule has 2 nitrogen and oxygen atoms in total. The Bertz CT molecular complexity index is 163. The molecule has 0 spiro atoms. The fourth-order valence-electron chi connectivity index (χ4n) is 0.491. The van der Waals surface area contributed by atoms with Crippen LogP contribution in [0.25, 0.3) is 0 Å². The van der Waals surface area contributed by atoms with Crippen LogP contribution in [0.4, 0.5) is 0 Å². The smallest absolute Gasteiger partial charge is 0.0587 e. The highest BCUT2D eigenvalue weighted by atomic mass is 32.2. The molecule has 0 N–H and O–H groups in total. The zero-order valence-electron chi connectivity index (χ0n) is 6.16. The Morgan fingerprint density at radius 2 is 2.40 bits per heavy atom. The minimum atomic E-state index is -0.712. The van der Waals surface area contributed by atoms with Gasteiger partial charge in [-0.2, -0.15) is 0 Å². The van der Waals surface area contributed by atoms with Crippen molar-refractivity contribution in [3.63, 3.8) is 0 Å². The van der Waals surface area contributed by atoms with Crippen molar-refractivity contribution in [3.05, 3.63) is 0 Å². The summed E-state index contributed by atoms with van der Waals surface area (Å²) in [5, 5.41) is 2.30. The molecule has 0 aromatic heterocycles. The van der Waals surface area contributed by atoms with Crippen molar-refractivity contribution in [1.29, 1.82) is 0 Å². The molecule has 4 heteroatoms. The number of nitrogens with zero attached hydrogens (tertiary/aromatic N) is 1. The second kappa shape index (κ2) is 5.71. The van der Waals surface area contributed by atoms with Gasteiger partial charge in [0.25, 0.3) is 0 Å². The number of rotatable bonds is 4. The molecule has 0 aromatic rings. The fraction of sp³-hybridized carbons (Fsp3) is 0.833. The number of thiocarbonyl (C=S) groups is 1. The van der Waals surface area contributed by atoms with Crippen LogP contribution >= 0.6 is 12.2 Å². The second-order valence-corrected chi connectivity index (χ2v) is 3.87. The van der Waals surface area contributed by atoms with Crippen molar-refractivity contribution in [3.8, 4) is 0 Å². The van der Waals surface area contributed by atoms with E-state index in [4.69, 9.17) is 0 Å². The zero-order chi connectivity index (χ0) is 7.98. The molecule has 0 radical (unpaired) electrons. The average Bonchev–Trinajstić information content (AvgIpc) is 1.85. The molecule has 0 aromatic carbocycles. The summed E-state index contributed by atoms with van der Waals surface area (Å²) >= 11 is 4.42. The summed E-state index contributed by atoms with van der Waals surface area (Å²) in [4.78, 5) is 3.83. The molecule has 0 saturated heterocycles. The topological polar surface area (TPSA) is 29.4 Å². The van der Waals surface area contributed by atoms with E-state index >= 15 is 0 Å². The van der Waals surface area contributed by atoms with Crippen LogP contribution in [0.3, 0.4) is 0 Å². The molecule has 0 heterocycles. The first-order chi connectivity index (χ1) is 4.66. The fourth-order valence-corrected chi connectivity index (χ4v) is 1.34. The highest BCUT2D eigenvalue weighted by Gasteiger charge is 1.98. The van der Waals surface area contributed by atoms with Crippen LogP contribution in [0, 0.1) is 0 Å². The molecular formula is C6H11NOS2. The van der Waals surface area contributed by atoms with E-state index in [1.165, 1.54) is 0 Å². The molecule has 0 amide bonds. The monoisotopic (exact) mass is 177 g/mol. The van der Waals surface area contributed by atoms with Gasteiger partial charge < -0.3 is 0 Å². The van der Waals surface area contributed by atoms with Gasteiger partial charge in [0, 0.05) is 22.8 Å². The van der Waals surface area contributed by atoms with E-state index in [1.54, 1.807) is 6.26 Å². The van der Waals surface area contributed by atoms with Gasteiger partial charge in [0.1, 0.15) is 0 Å². The summed E-state index contributed by atoms with van der Waals surface area (Å²) in [7, 11) is -0.712.